The lowest BCUT2D eigenvalue weighted by Gasteiger charge is -2.29. The first kappa shape index (κ1) is 25.0. The number of rotatable bonds is 10. The van der Waals surface area contributed by atoms with Crippen LogP contribution in [0.15, 0.2) is 79.3 Å². The molecule has 1 unspecified atom stereocenters. The molecule has 1 aliphatic carbocycles. The van der Waals surface area contributed by atoms with Crippen LogP contribution in [0.25, 0.3) is 22.2 Å². The van der Waals surface area contributed by atoms with Gasteiger partial charge >= 0.3 is 0 Å². The monoisotopic (exact) mass is 496 g/mol. The first-order valence-electron chi connectivity index (χ1n) is 13.6. The Morgan fingerprint density at radius 1 is 1.03 bits per heavy atom. The maximum absolute atomic E-state index is 13.3. The summed E-state index contributed by atoms with van der Waals surface area (Å²) in [6.45, 7) is 1.15. The minimum Gasteiger partial charge on any atom is -0.618 e. The summed E-state index contributed by atoms with van der Waals surface area (Å²) in [5.41, 5.74) is 3.99. The number of carbonyl (C=O) groups is 1. The predicted molar refractivity (Wildman–Crippen MR) is 146 cm³/mol. The Labute approximate surface area is 218 Å². The zero-order valence-corrected chi connectivity index (χ0v) is 21.4. The van der Waals surface area contributed by atoms with Crippen molar-refractivity contribution in [2.45, 2.75) is 64.5 Å². The van der Waals surface area contributed by atoms with Gasteiger partial charge in [0.2, 0.25) is 11.6 Å². The summed E-state index contributed by atoms with van der Waals surface area (Å²) >= 11 is 0. The number of aromatic nitrogens is 3. The molecule has 1 aliphatic rings. The van der Waals surface area contributed by atoms with E-state index in [-0.39, 0.29) is 18.4 Å². The molecule has 192 valence electrons. The van der Waals surface area contributed by atoms with Gasteiger partial charge in [-0.15, -0.1) is 0 Å². The quantitative estimate of drug-likeness (QED) is 0.166. The zero-order chi connectivity index (χ0) is 25.5. The van der Waals surface area contributed by atoms with Gasteiger partial charge in [-0.25, -0.2) is 4.98 Å². The molecule has 5 rings (SSSR count). The molecule has 3 aromatic heterocycles. The number of nitrogens with zero attached hydrogens (tertiary/aromatic N) is 3. The van der Waals surface area contributed by atoms with Crippen LogP contribution in [0.1, 0.15) is 57.1 Å². The van der Waals surface area contributed by atoms with Crippen molar-refractivity contribution < 1.29 is 9.52 Å². The van der Waals surface area contributed by atoms with Crippen molar-refractivity contribution in [2.75, 3.05) is 0 Å². The lowest BCUT2D eigenvalue weighted by Crippen LogP contribution is -2.39. The SMILES string of the molecule is O=C(NCc1cccc[n+]1[O-])C(CCCCn1cc(-c2ccccc2)c2cccnc21)C1CCCCC1. The van der Waals surface area contributed by atoms with Crippen molar-refractivity contribution in [3.8, 4) is 11.1 Å². The molecule has 3 heterocycles. The molecule has 0 saturated heterocycles. The van der Waals surface area contributed by atoms with Crippen molar-refractivity contribution in [3.05, 3.63) is 90.2 Å². The van der Waals surface area contributed by atoms with Crippen LogP contribution in [-0.2, 0) is 17.9 Å². The fourth-order valence-electron chi connectivity index (χ4n) is 5.81. The van der Waals surface area contributed by atoms with Gasteiger partial charge in [-0.3, -0.25) is 4.79 Å². The highest BCUT2D eigenvalue weighted by Crippen LogP contribution is 2.34. The Hall–Kier alpha value is -3.67. The van der Waals surface area contributed by atoms with Gasteiger partial charge in [-0.1, -0.05) is 56.0 Å². The molecule has 1 aromatic carbocycles. The second-order valence-electron chi connectivity index (χ2n) is 10.2. The van der Waals surface area contributed by atoms with Crippen LogP contribution in [0.2, 0.25) is 0 Å². The van der Waals surface area contributed by atoms with E-state index in [1.165, 1.54) is 42.0 Å². The molecule has 0 spiro atoms. The number of hydrogen-bond donors (Lipinski definition) is 1. The lowest BCUT2D eigenvalue weighted by atomic mass is 9.77. The van der Waals surface area contributed by atoms with Gasteiger partial charge < -0.3 is 15.1 Å². The van der Waals surface area contributed by atoms with Gasteiger partial charge in [-0.05, 0) is 55.4 Å². The van der Waals surface area contributed by atoms with Gasteiger partial charge in [0.15, 0.2) is 6.20 Å². The van der Waals surface area contributed by atoms with Crippen molar-refractivity contribution in [1.29, 1.82) is 0 Å². The molecule has 4 aromatic rings. The molecule has 0 aliphatic heterocycles. The van der Waals surface area contributed by atoms with Gasteiger partial charge in [0.05, 0.1) is 0 Å². The van der Waals surface area contributed by atoms with Crippen LogP contribution in [0.5, 0.6) is 0 Å². The van der Waals surface area contributed by atoms with E-state index >= 15 is 0 Å². The number of amides is 1. The number of nitrogens with one attached hydrogen (secondary N) is 1. The van der Waals surface area contributed by atoms with E-state index in [9.17, 15) is 10.0 Å². The summed E-state index contributed by atoms with van der Waals surface area (Å²) in [5.74, 6) is 0.529. The highest BCUT2D eigenvalue weighted by atomic mass is 16.5. The zero-order valence-electron chi connectivity index (χ0n) is 21.4. The second-order valence-corrected chi connectivity index (χ2v) is 10.2. The first-order valence-corrected chi connectivity index (χ1v) is 13.6. The number of unbranched alkanes of at least 4 members (excludes halogenated alkanes) is 1. The van der Waals surface area contributed by atoms with Crippen LogP contribution in [0, 0.1) is 17.0 Å². The minimum absolute atomic E-state index is 0.00326. The first-order chi connectivity index (χ1) is 18.2. The van der Waals surface area contributed by atoms with E-state index in [1.807, 2.05) is 24.4 Å². The van der Waals surface area contributed by atoms with Gasteiger partial charge in [0.25, 0.3) is 0 Å². The van der Waals surface area contributed by atoms with Crippen LogP contribution >= 0.6 is 0 Å². The molecule has 6 heteroatoms. The molecule has 1 saturated carbocycles. The van der Waals surface area contributed by atoms with Crippen molar-refractivity contribution in [1.82, 2.24) is 14.9 Å². The average Bonchev–Trinajstić information content (AvgIpc) is 3.32. The highest BCUT2D eigenvalue weighted by molar-refractivity contribution is 5.94. The standard InChI is InChI=1S/C31H36N4O2/c36-31(33-22-26-16-7-10-21-35(26)37)27(24-12-3-1-4-13-24)17-8-9-20-34-23-29(25-14-5-2-6-15-25)28-18-11-19-32-30(28)34/h2,5-7,10-11,14-16,18-19,21,23-24,27H,1,3-4,8-9,12-13,17,20,22H2,(H,33,36). The third-order valence-electron chi connectivity index (χ3n) is 7.79. The van der Waals surface area contributed by atoms with E-state index < -0.39 is 0 Å². The molecular weight excluding hydrogens is 460 g/mol. The number of carbonyl (C=O) groups excluding carboxylic acids is 1. The molecular formula is C31H36N4O2. The van der Waals surface area contributed by atoms with Gasteiger partial charge in [-0.2, -0.15) is 4.73 Å². The maximum Gasteiger partial charge on any atom is 0.223 e. The third-order valence-corrected chi connectivity index (χ3v) is 7.79. The van der Waals surface area contributed by atoms with Gasteiger partial charge in [0, 0.05) is 47.9 Å². The van der Waals surface area contributed by atoms with Crippen LogP contribution in [0.4, 0.5) is 0 Å². The fourth-order valence-corrected chi connectivity index (χ4v) is 5.81. The summed E-state index contributed by atoms with van der Waals surface area (Å²) in [5, 5.41) is 16.2. The molecule has 1 amide bonds. The Morgan fingerprint density at radius 2 is 1.84 bits per heavy atom. The Morgan fingerprint density at radius 3 is 2.65 bits per heavy atom. The summed E-state index contributed by atoms with van der Waals surface area (Å²) < 4.78 is 3.09. The topological polar surface area (TPSA) is 73.9 Å². The molecule has 1 fully saturated rings. The average molecular weight is 497 g/mol. The minimum atomic E-state index is 0.00326. The van der Waals surface area contributed by atoms with E-state index in [1.54, 1.807) is 12.1 Å². The Balaban J connectivity index is 1.23. The largest absolute Gasteiger partial charge is 0.618 e. The third kappa shape index (κ3) is 6.01. The number of aryl methyl sites for hydroxylation is 1. The summed E-state index contributed by atoms with van der Waals surface area (Å²) in [6, 6.07) is 19.9. The van der Waals surface area contributed by atoms with E-state index in [0.717, 1.165) is 49.0 Å². The highest BCUT2D eigenvalue weighted by Gasteiger charge is 2.29. The Kier molecular flexibility index (Phi) is 8.14. The molecule has 0 radical (unpaired) electrons. The van der Waals surface area contributed by atoms with E-state index in [0.29, 0.717) is 11.6 Å². The van der Waals surface area contributed by atoms with E-state index in [2.05, 4.69) is 51.4 Å². The normalized spacial score (nSPS) is 15.0. The van der Waals surface area contributed by atoms with Gasteiger partial charge in [0.1, 0.15) is 12.2 Å². The van der Waals surface area contributed by atoms with Crippen molar-refractivity contribution in [2.24, 2.45) is 11.8 Å². The smallest absolute Gasteiger partial charge is 0.223 e. The van der Waals surface area contributed by atoms with Crippen molar-refractivity contribution >= 4 is 16.9 Å². The number of hydrogen-bond acceptors (Lipinski definition) is 3. The number of benzene rings is 1. The number of pyridine rings is 2. The maximum atomic E-state index is 13.3. The molecule has 1 N–H and O–H groups in total. The van der Waals surface area contributed by atoms with Crippen LogP contribution in [0.3, 0.4) is 0 Å². The predicted octanol–water partition coefficient (Wildman–Crippen LogP) is 6.02. The lowest BCUT2D eigenvalue weighted by molar-refractivity contribution is -0.614. The second kappa shape index (κ2) is 12.0. The molecule has 37 heavy (non-hydrogen) atoms. The molecule has 1 atom stereocenters. The molecule has 0 bridgehead atoms. The van der Waals surface area contributed by atoms with Crippen molar-refractivity contribution in [3.63, 3.8) is 0 Å². The summed E-state index contributed by atoms with van der Waals surface area (Å²) in [6.07, 6.45) is 14.3. The summed E-state index contributed by atoms with van der Waals surface area (Å²) in [7, 11) is 0. The van der Waals surface area contributed by atoms with Crippen LogP contribution in [-0.4, -0.2) is 15.5 Å². The number of fused-ring (bicyclic) bond motifs is 1. The Bertz CT molecular complexity index is 1310. The van der Waals surface area contributed by atoms with Crippen LogP contribution < -0.4 is 10.0 Å². The summed E-state index contributed by atoms with van der Waals surface area (Å²) in [4.78, 5) is 18.0. The fraction of sp³-hybridized carbons (Fsp3) is 0.387. The molecule has 6 nitrogen and oxygen atoms in total. The van der Waals surface area contributed by atoms with E-state index in [4.69, 9.17) is 0 Å².